The number of aliphatic hydroxyl groups excluding tert-OH is 1. The number of carboxylic acids is 1. The number of amides is 3. The largest absolute Gasteiger partial charge is 0.480 e. The molecule has 1 unspecified atom stereocenters. The quantitative estimate of drug-likeness (QED) is 0.157. The maximum absolute atomic E-state index is 13.5. The molecule has 11 nitrogen and oxygen atoms in total. The van der Waals surface area contributed by atoms with Gasteiger partial charge in [0.15, 0.2) is 0 Å². The van der Waals surface area contributed by atoms with Crippen molar-refractivity contribution in [2.45, 2.75) is 117 Å². The number of carbonyl (C=O) groups excluding carboxylic acids is 3. The minimum atomic E-state index is -1.17. The van der Waals surface area contributed by atoms with Gasteiger partial charge >= 0.3 is 12.1 Å². The van der Waals surface area contributed by atoms with Crippen molar-refractivity contribution in [1.29, 1.82) is 0 Å². The summed E-state index contributed by atoms with van der Waals surface area (Å²) in [6, 6.07) is 5.49. The summed E-state index contributed by atoms with van der Waals surface area (Å²) >= 11 is 0. The number of hydrogen-bond acceptors (Lipinski definition) is 7. The first kappa shape index (κ1) is 37.8. The molecule has 43 heavy (non-hydrogen) atoms. The van der Waals surface area contributed by atoms with Crippen LogP contribution in [0.1, 0.15) is 80.7 Å². The number of aliphatic carboxylic acids is 1. The fourth-order valence-corrected chi connectivity index (χ4v) is 4.54. The molecule has 0 saturated heterocycles. The SMILES string of the molecule is CC(C)C[C@H](NCC(O)[C@H](CC(C)C)NC(=O)OC(C)(C)C)C(=O)N[C@H](C(=O)N[C@@H](Cc1ccccc1)C(=O)O)C(C)C. The predicted octanol–water partition coefficient (Wildman–Crippen LogP) is 3.24. The summed E-state index contributed by atoms with van der Waals surface area (Å²) in [7, 11) is 0. The summed E-state index contributed by atoms with van der Waals surface area (Å²) in [5.41, 5.74) is 0.0681. The Bertz CT molecular complexity index is 1020. The van der Waals surface area contributed by atoms with Crippen molar-refractivity contribution >= 4 is 23.9 Å². The number of benzene rings is 1. The second kappa shape index (κ2) is 17.8. The zero-order valence-corrected chi connectivity index (χ0v) is 27.3. The van der Waals surface area contributed by atoms with Gasteiger partial charge in [-0.15, -0.1) is 0 Å². The molecule has 0 radical (unpaired) electrons. The van der Waals surface area contributed by atoms with Crippen molar-refractivity contribution in [2.75, 3.05) is 6.54 Å². The Balaban J connectivity index is 2.98. The maximum Gasteiger partial charge on any atom is 0.407 e. The molecule has 0 aliphatic rings. The van der Waals surface area contributed by atoms with E-state index in [1.807, 2.05) is 33.8 Å². The lowest BCUT2D eigenvalue weighted by Crippen LogP contribution is -2.58. The van der Waals surface area contributed by atoms with Crippen LogP contribution in [0, 0.1) is 17.8 Å². The topological polar surface area (TPSA) is 166 Å². The summed E-state index contributed by atoms with van der Waals surface area (Å²) in [6.07, 6.45) is -0.634. The van der Waals surface area contributed by atoms with E-state index in [1.165, 1.54) is 0 Å². The second-order valence-electron chi connectivity index (χ2n) is 13.4. The molecule has 5 atom stereocenters. The van der Waals surface area contributed by atoms with Crippen LogP contribution in [-0.2, 0) is 25.5 Å². The highest BCUT2D eigenvalue weighted by Crippen LogP contribution is 2.13. The third-order valence-electron chi connectivity index (χ3n) is 6.63. The van der Waals surface area contributed by atoms with Crippen molar-refractivity contribution in [1.82, 2.24) is 21.3 Å². The van der Waals surface area contributed by atoms with E-state index < -0.39 is 59.7 Å². The molecule has 1 rings (SSSR count). The lowest BCUT2D eigenvalue weighted by Gasteiger charge is -2.30. The molecule has 0 aliphatic carbocycles. The van der Waals surface area contributed by atoms with Crippen LogP contribution >= 0.6 is 0 Å². The number of carbonyl (C=O) groups is 4. The Morgan fingerprint density at radius 2 is 1.40 bits per heavy atom. The van der Waals surface area contributed by atoms with E-state index in [-0.39, 0.29) is 30.7 Å². The molecule has 0 aliphatic heterocycles. The Labute approximate surface area is 256 Å². The fourth-order valence-electron chi connectivity index (χ4n) is 4.54. The first-order valence-corrected chi connectivity index (χ1v) is 15.2. The predicted molar refractivity (Wildman–Crippen MR) is 166 cm³/mol. The van der Waals surface area contributed by atoms with Gasteiger partial charge in [0.05, 0.1) is 18.2 Å². The Hall–Kier alpha value is -3.18. The molecular formula is C32H54N4O7. The lowest BCUT2D eigenvalue weighted by atomic mass is 9.97. The van der Waals surface area contributed by atoms with Gasteiger partial charge in [-0.1, -0.05) is 71.9 Å². The number of carboxylic acid groups (broad SMARTS) is 1. The van der Waals surface area contributed by atoms with E-state index in [0.29, 0.717) is 12.8 Å². The minimum Gasteiger partial charge on any atom is -0.480 e. The van der Waals surface area contributed by atoms with E-state index in [9.17, 15) is 29.4 Å². The zero-order chi connectivity index (χ0) is 32.9. The summed E-state index contributed by atoms with van der Waals surface area (Å²) < 4.78 is 5.36. The van der Waals surface area contributed by atoms with E-state index in [4.69, 9.17) is 4.74 Å². The Morgan fingerprint density at radius 3 is 1.88 bits per heavy atom. The van der Waals surface area contributed by atoms with Crippen molar-refractivity contribution in [3.05, 3.63) is 35.9 Å². The summed E-state index contributed by atoms with van der Waals surface area (Å²) in [6.45, 7) is 16.7. The number of hydrogen-bond donors (Lipinski definition) is 6. The monoisotopic (exact) mass is 606 g/mol. The number of ether oxygens (including phenoxy) is 1. The van der Waals surface area contributed by atoms with E-state index in [2.05, 4.69) is 21.3 Å². The van der Waals surface area contributed by atoms with Crippen molar-refractivity contribution in [3.8, 4) is 0 Å². The maximum atomic E-state index is 13.5. The normalized spacial score (nSPS) is 15.4. The van der Waals surface area contributed by atoms with Crippen LogP contribution in [0.5, 0.6) is 0 Å². The van der Waals surface area contributed by atoms with Gasteiger partial charge in [-0.2, -0.15) is 0 Å². The summed E-state index contributed by atoms with van der Waals surface area (Å²) in [5.74, 6) is -2.24. The zero-order valence-electron chi connectivity index (χ0n) is 27.3. The van der Waals surface area contributed by atoms with Crippen LogP contribution in [-0.4, -0.2) is 76.5 Å². The third kappa shape index (κ3) is 15.2. The molecule has 1 aromatic carbocycles. The molecule has 1 aromatic rings. The second-order valence-corrected chi connectivity index (χ2v) is 13.4. The summed E-state index contributed by atoms with van der Waals surface area (Å²) in [4.78, 5) is 51.0. The van der Waals surface area contributed by atoms with Gasteiger partial charge in [0.1, 0.15) is 17.7 Å². The van der Waals surface area contributed by atoms with Crippen molar-refractivity contribution in [2.24, 2.45) is 17.8 Å². The minimum absolute atomic E-state index is 0.00863. The molecule has 0 fully saturated rings. The smallest absolute Gasteiger partial charge is 0.407 e. The number of alkyl carbamates (subject to hydrolysis) is 1. The first-order valence-electron chi connectivity index (χ1n) is 15.2. The summed E-state index contributed by atoms with van der Waals surface area (Å²) in [5, 5.41) is 32.0. The number of aliphatic hydroxyl groups is 1. The van der Waals surface area contributed by atoms with Gasteiger partial charge in [-0.05, 0) is 56.9 Å². The molecule has 6 N–H and O–H groups in total. The molecule has 0 saturated carbocycles. The van der Waals surface area contributed by atoms with Crippen LogP contribution in [0.25, 0.3) is 0 Å². The molecule has 3 amide bonds. The molecule has 244 valence electrons. The first-order chi connectivity index (χ1) is 19.9. The molecule has 0 bridgehead atoms. The fraction of sp³-hybridized carbons (Fsp3) is 0.688. The van der Waals surface area contributed by atoms with E-state index in [0.717, 1.165) is 5.56 Å². The molecule has 0 heterocycles. The van der Waals surface area contributed by atoms with Crippen LogP contribution in [0.15, 0.2) is 30.3 Å². The van der Waals surface area contributed by atoms with Crippen molar-refractivity contribution in [3.63, 3.8) is 0 Å². The highest BCUT2D eigenvalue weighted by atomic mass is 16.6. The Morgan fingerprint density at radius 1 is 0.814 bits per heavy atom. The molecule has 0 aromatic heterocycles. The number of rotatable bonds is 17. The van der Waals surface area contributed by atoms with Gasteiger partial charge in [-0.25, -0.2) is 9.59 Å². The van der Waals surface area contributed by atoms with E-state index in [1.54, 1.807) is 58.9 Å². The lowest BCUT2D eigenvalue weighted by molar-refractivity contribution is -0.142. The Kier molecular flexibility index (Phi) is 15.7. The molecule has 0 spiro atoms. The van der Waals surface area contributed by atoms with E-state index >= 15 is 0 Å². The standard InChI is InChI=1S/C32H54N4O7/c1-19(2)15-23(35-31(42)43-32(7,8)9)26(37)18-33-24(16-20(3)4)28(38)36-27(21(5)6)29(39)34-25(30(40)41)17-22-13-11-10-12-14-22/h10-14,19-21,23-27,33,37H,15-18H2,1-9H3,(H,34,39)(H,35,42)(H,36,38)(H,40,41)/t23-,24-,25-,26?,27-/m0/s1. The average molecular weight is 607 g/mol. The van der Waals surface area contributed by atoms with Crippen LogP contribution in [0.2, 0.25) is 0 Å². The van der Waals surface area contributed by atoms with Gasteiger partial charge in [0, 0.05) is 13.0 Å². The van der Waals surface area contributed by atoms with Gasteiger partial charge in [-0.3, -0.25) is 9.59 Å². The van der Waals surface area contributed by atoms with Gasteiger partial charge < -0.3 is 36.2 Å². The highest BCUT2D eigenvalue weighted by molar-refractivity contribution is 5.92. The van der Waals surface area contributed by atoms with Crippen LogP contribution in [0.3, 0.4) is 0 Å². The van der Waals surface area contributed by atoms with Crippen molar-refractivity contribution < 1.29 is 34.1 Å². The number of nitrogens with one attached hydrogen (secondary N) is 4. The average Bonchev–Trinajstić information content (AvgIpc) is 2.87. The highest BCUT2D eigenvalue weighted by Gasteiger charge is 2.32. The van der Waals surface area contributed by atoms with Gasteiger partial charge in [0.25, 0.3) is 0 Å². The van der Waals surface area contributed by atoms with Gasteiger partial charge in [0.2, 0.25) is 11.8 Å². The molecule has 11 heteroatoms. The van der Waals surface area contributed by atoms with Crippen LogP contribution in [0.4, 0.5) is 4.79 Å². The third-order valence-corrected chi connectivity index (χ3v) is 6.63. The van der Waals surface area contributed by atoms with Crippen LogP contribution < -0.4 is 21.3 Å². The molecular weight excluding hydrogens is 552 g/mol.